The maximum atomic E-state index is 11.0. The number of nitro benzene ring substituents is 1. The Kier molecular flexibility index (Phi) is 5.44. The van der Waals surface area contributed by atoms with Crippen LogP contribution in [0.15, 0.2) is 24.3 Å². The minimum atomic E-state index is -0.928. The minimum Gasteiger partial charge on any atom is -0.480 e. The standard InChI is InChI=1S/C11H14N2O4S/c1-18-7-6-10(11(14)15)12-8-2-4-9(5-3-8)13(16)17/h2-5,10,12H,6-7H2,1H3,(H,14,15)/t10-/m0/s1. The Bertz CT molecular complexity index is 422. The fourth-order valence-corrected chi connectivity index (χ4v) is 1.85. The van der Waals surface area contributed by atoms with Crippen molar-refractivity contribution in [3.05, 3.63) is 34.4 Å². The highest BCUT2D eigenvalue weighted by Crippen LogP contribution is 2.17. The number of nitrogens with zero attached hydrogens (tertiary/aromatic N) is 1. The number of thioether (sulfide) groups is 1. The van der Waals surface area contributed by atoms with Crippen LogP contribution >= 0.6 is 11.8 Å². The number of non-ortho nitro benzene ring substituents is 1. The predicted octanol–water partition coefficient (Wildman–Crippen LogP) is 2.21. The lowest BCUT2D eigenvalue weighted by Gasteiger charge is -2.14. The van der Waals surface area contributed by atoms with E-state index in [1.165, 1.54) is 24.3 Å². The third-order valence-corrected chi connectivity index (χ3v) is 2.97. The summed E-state index contributed by atoms with van der Waals surface area (Å²) >= 11 is 1.57. The zero-order valence-corrected chi connectivity index (χ0v) is 10.6. The third kappa shape index (κ3) is 4.25. The molecule has 0 aliphatic heterocycles. The van der Waals surface area contributed by atoms with Crippen molar-refractivity contribution in [1.82, 2.24) is 0 Å². The molecule has 0 saturated heterocycles. The number of anilines is 1. The van der Waals surface area contributed by atoms with Crippen LogP contribution in [-0.2, 0) is 4.79 Å². The molecule has 0 spiro atoms. The monoisotopic (exact) mass is 270 g/mol. The molecule has 7 heteroatoms. The number of benzene rings is 1. The van der Waals surface area contributed by atoms with Crippen LogP contribution in [0.2, 0.25) is 0 Å². The second-order valence-corrected chi connectivity index (χ2v) is 4.61. The summed E-state index contributed by atoms with van der Waals surface area (Å²) in [6, 6.07) is 5.02. The van der Waals surface area contributed by atoms with E-state index < -0.39 is 16.9 Å². The van der Waals surface area contributed by atoms with Crippen molar-refractivity contribution >= 4 is 29.1 Å². The van der Waals surface area contributed by atoms with E-state index in [0.29, 0.717) is 12.1 Å². The number of nitrogens with one attached hydrogen (secondary N) is 1. The van der Waals surface area contributed by atoms with Crippen molar-refractivity contribution < 1.29 is 14.8 Å². The molecule has 0 amide bonds. The lowest BCUT2D eigenvalue weighted by molar-refractivity contribution is -0.384. The summed E-state index contributed by atoms with van der Waals surface area (Å²) in [4.78, 5) is 21.0. The highest BCUT2D eigenvalue weighted by atomic mass is 32.2. The average Bonchev–Trinajstić information content (AvgIpc) is 2.34. The van der Waals surface area contributed by atoms with Crippen molar-refractivity contribution in [2.75, 3.05) is 17.3 Å². The molecule has 6 nitrogen and oxygen atoms in total. The fraction of sp³-hybridized carbons (Fsp3) is 0.364. The van der Waals surface area contributed by atoms with Crippen LogP contribution in [0.3, 0.4) is 0 Å². The Morgan fingerprint density at radius 2 is 2.11 bits per heavy atom. The van der Waals surface area contributed by atoms with Crippen molar-refractivity contribution in [2.45, 2.75) is 12.5 Å². The number of carboxylic acid groups (broad SMARTS) is 1. The Hall–Kier alpha value is -1.76. The van der Waals surface area contributed by atoms with E-state index in [1.807, 2.05) is 6.26 Å². The first kappa shape index (κ1) is 14.3. The summed E-state index contributed by atoms with van der Waals surface area (Å²) in [7, 11) is 0. The van der Waals surface area contributed by atoms with Gasteiger partial charge in [0.1, 0.15) is 6.04 Å². The number of hydrogen-bond donors (Lipinski definition) is 2. The lowest BCUT2D eigenvalue weighted by Crippen LogP contribution is -2.29. The molecular weight excluding hydrogens is 256 g/mol. The number of hydrogen-bond acceptors (Lipinski definition) is 5. The molecule has 1 atom stereocenters. The quantitative estimate of drug-likeness (QED) is 0.583. The molecule has 2 N–H and O–H groups in total. The first-order chi connectivity index (χ1) is 8.54. The number of carboxylic acids is 1. The maximum absolute atomic E-state index is 11.0. The van der Waals surface area contributed by atoms with E-state index in [-0.39, 0.29) is 5.69 Å². The van der Waals surface area contributed by atoms with Gasteiger partial charge >= 0.3 is 5.97 Å². The molecule has 0 fully saturated rings. The molecule has 0 heterocycles. The van der Waals surface area contributed by atoms with Crippen molar-refractivity contribution in [3.8, 4) is 0 Å². The Balaban J connectivity index is 2.68. The predicted molar refractivity (Wildman–Crippen MR) is 71.1 cm³/mol. The van der Waals surface area contributed by atoms with E-state index in [0.717, 1.165) is 5.75 Å². The number of nitro groups is 1. The van der Waals surface area contributed by atoms with Crippen LogP contribution in [0.25, 0.3) is 0 Å². The first-order valence-corrected chi connectivity index (χ1v) is 6.66. The zero-order valence-electron chi connectivity index (χ0n) is 9.83. The molecule has 0 unspecified atom stereocenters. The fourth-order valence-electron chi connectivity index (χ4n) is 1.37. The van der Waals surface area contributed by atoms with E-state index in [4.69, 9.17) is 5.11 Å². The molecule has 98 valence electrons. The first-order valence-electron chi connectivity index (χ1n) is 5.27. The Morgan fingerprint density at radius 1 is 1.50 bits per heavy atom. The van der Waals surface area contributed by atoms with E-state index in [2.05, 4.69) is 5.32 Å². The smallest absolute Gasteiger partial charge is 0.326 e. The molecule has 1 aromatic carbocycles. The highest BCUT2D eigenvalue weighted by molar-refractivity contribution is 7.98. The second kappa shape index (κ2) is 6.85. The molecule has 1 rings (SSSR count). The van der Waals surface area contributed by atoms with Gasteiger partial charge in [-0.1, -0.05) is 0 Å². The SMILES string of the molecule is CSCC[C@H](Nc1ccc([N+](=O)[O-])cc1)C(=O)O. The van der Waals surface area contributed by atoms with Gasteiger partial charge in [0.15, 0.2) is 0 Å². The van der Waals surface area contributed by atoms with Gasteiger partial charge in [-0.25, -0.2) is 4.79 Å². The molecule has 0 radical (unpaired) electrons. The molecule has 0 aliphatic carbocycles. The number of carbonyl (C=O) groups is 1. The van der Waals surface area contributed by atoms with Gasteiger partial charge in [0.25, 0.3) is 5.69 Å². The van der Waals surface area contributed by atoms with E-state index in [1.54, 1.807) is 11.8 Å². The molecule has 0 saturated carbocycles. The van der Waals surface area contributed by atoms with Gasteiger partial charge in [-0.2, -0.15) is 11.8 Å². The van der Waals surface area contributed by atoms with Crippen LogP contribution in [-0.4, -0.2) is 34.0 Å². The third-order valence-electron chi connectivity index (χ3n) is 2.33. The van der Waals surface area contributed by atoms with Crippen LogP contribution in [0, 0.1) is 10.1 Å². The van der Waals surface area contributed by atoms with Crippen LogP contribution in [0.1, 0.15) is 6.42 Å². The van der Waals surface area contributed by atoms with Crippen molar-refractivity contribution in [2.24, 2.45) is 0 Å². The summed E-state index contributed by atoms with van der Waals surface area (Å²) in [5, 5.41) is 22.3. The van der Waals surface area contributed by atoms with Crippen LogP contribution < -0.4 is 5.32 Å². The average molecular weight is 270 g/mol. The number of aliphatic carboxylic acids is 1. The van der Waals surface area contributed by atoms with Gasteiger partial charge in [-0.15, -0.1) is 0 Å². The molecule has 0 aromatic heterocycles. The second-order valence-electron chi connectivity index (χ2n) is 3.62. The normalized spacial score (nSPS) is 11.8. The van der Waals surface area contributed by atoms with Gasteiger partial charge in [0.2, 0.25) is 0 Å². The number of rotatable bonds is 7. The maximum Gasteiger partial charge on any atom is 0.326 e. The van der Waals surface area contributed by atoms with Crippen molar-refractivity contribution in [3.63, 3.8) is 0 Å². The van der Waals surface area contributed by atoms with E-state index >= 15 is 0 Å². The van der Waals surface area contributed by atoms with Gasteiger partial charge in [-0.05, 0) is 30.6 Å². The summed E-state index contributed by atoms with van der Waals surface area (Å²) in [5.74, 6) is -0.195. The summed E-state index contributed by atoms with van der Waals surface area (Å²) in [6.45, 7) is 0. The van der Waals surface area contributed by atoms with Gasteiger partial charge < -0.3 is 10.4 Å². The van der Waals surface area contributed by atoms with Crippen LogP contribution in [0.4, 0.5) is 11.4 Å². The summed E-state index contributed by atoms with van der Waals surface area (Å²) in [6.07, 6.45) is 2.40. The van der Waals surface area contributed by atoms with Crippen molar-refractivity contribution in [1.29, 1.82) is 0 Å². The largest absolute Gasteiger partial charge is 0.480 e. The minimum absolute atomic E-state index is 0.0171. The molecular formula is C11H14N2O4S. The van der Waals surface area contributed by atoms with Crippen LogP contribution in [0.5, 0.6) is 0 Å². The Morgan fingerprint density at radius 3 is 2.56 bits per heavy atom. The molecule has 1 aromatic rings. The van der Waals surface area contributed by atoms with Gasteiger partial charge in [0, 0.05) is 17.8 Å². The molecule has 0 aliphatic rings. The molecule has 0 bridgehead atoms. The van der Waals surface area contributed by atoms with E-state index in [9.17, 15) is 14.9 Å². The molecule has 18 heavy (non-hydrogen) atoms. The summed E-state index contributed by atoms with van der Waals surface area (Å²) < 4.78 is 0. The highest BCUT2D eigenvalue weighted by Gasteiger charge is 2.16. The topological polar surface area (TPSA) is 92.5 Å². The van der Waals surface area contributed by atoms with Gasteiger partial charge in [-0.3, -0.25) is 10.1 Å². The lowest BCUT2D eigenvalue weighted by atomic mass is 10.2. The Labute approximate surface area is 109 Å². The van der Waals surface area contributed by atoms with Gasteiger partial charge in [0.05, 0.1) is 4.92 Å². The summed E-state index contributed by atoms with van der Waals surface area (Å²) in [5.41, 5.74) is 0.547. The zero-order chi connectivity index (χ0) is 13.5.